The van der Waals surface area contributed by atoms with Gasteiger partial charge in [-0.25, -0.2) is 4.79 Å². The maximum absolute atomic E-state index is 13.6. The third-order valence-electron chi connectivity index (χ3n) is 7.87. The minimum atomic E-state index is -1.06. The van der Waals surface area contributed by atoms with Crippen LogP contribution in [0.2, 0.25) is 0 Å². The van der Waals surface area contributed by atoms with Crippen LogP contribution in [0.1, 0.15) is 98.3 Å². The fraction of sp³-hybridized carbons (Fsp3) is 0.389. The summed E-state index contributed by atoms with van der Waals surface area (Å²) in [5.41, 5.74) is 5.34. The van der Waals surface area contributed by atoms with Crippen LogP contribution in [0.15, 0.2) is 66.7 Å². The van der Waals surface area contributed by atoms with E-state index >= 15 is 0 Å². The van der Waals surface area contributed by atoms with Gasteiger partial charge in [-0.05, 0) is 66.3 Å². The fourth-order valence-corrected chi connectivity index (χ4v) is 5.64. The van der Waals surface area contributed by atoms with Gasteiger partial charge >= 0.3 is 5.97 Å². The standard InChI is InChI=1S/C36H39NO4/c1-4-7-26-10-12-28(13-11-26)14-15-29-16-18-30(19-17-29)25-37(34(38)23-20-27-8-5-6-9-27)31-21-22-32-33(24-31)40-36(2,3)41-35(32)39/h10-13,16-19,21-22,24,27H,4-9,20,23,25H2,1-3H3. The highest BCUT2D eigenvalue weighted by atomic mass is 16.7. The lowest BCUT2D eigenvalue weighted by Gasteiger charge is -2.32. The van der Waals surface area contributed by atoms with E-state index in [4.69, 9.17) is 9.47 Å². The van der Waals surface area contributed by atoms with Gasteiger partial charge in [-0.2, -0.15) is 0 Å². The van der Waals surface area contributed by atoms with E-state index < -0.39 is 11.8 Å². The molecule has 5 nitrogen and oxygen atoms in total. The van der Waals surface area contributed by atoms with Crippen molar-refractivity contribution in [1.29, 1.82) is 0 Å². The molecule has 2 aliphatic rings. The Bertz CT molecular complexity index is 1440. The highest BCUT2D eigenvalue weighted by molar-refractivity contribution is 5.97. The summed E-state index contributed by atoms with van der Waals surface area (Å²) < 4.78 is 11.3. The summed E-state index contributed by atoms with van der Waals surface area (Å²) in [7, 11) is 0. The van der Waals surface area contributed by atoms with Crippen LogP contribution in [0, 0.1) is 17.8 Å². The molecule has 1 saturated carbocycles. The van der Waals surface area contributed by atoms with Crippen molar-refractivity contribution in [1.82, 2.24) is 0 Å². The number of esters is 1. The van der Waals surface area contributed by atoms with Crippen LogP contribution in [-0.2, 0) is 22.5 Å². The summed E-state index contributed by atoms with van der Waals surface area (Å²) in [5.74, 6) is 6.16. The maximum Gasteiger partial charge on any atom is 0.345 e. The Morgan fingerprint density at radius 3 is 2.17 bits per heavy atom. The van der Waals surface area contributed by atoms with Crippen LogP contribution in [0.5, 0.6) is 5.75 Å². The number of hydrogen-bond donors (Lipinski definition) is 0. The Labute approximate surface area is 243 Å². The number of cyclic esters (lactones) is 1. The monoisotopic (exact) mass is 549 g/mol. The number of carbonyl (C=O) groups is 2. The van der Waals surface area contributed by atoms with Gasteiger partial charge in [0.05, 0.1) is 6.54 Å². The number of benzene rings is 3. The zero-order valence-corrected chi connectivity index (χ0v) is 24.4. The average molecular weight is 550 g/mol. The topological polar surface area (TPSA) is 55.8 Å². The molecule has 3 aromatic carbocycles. The second-order valence-corrected chi connectivity index (χ2v) is 11.6. The summed E-state index contributed by atoms with van der Waals surface area (Å²) >= 11 is 0. The van der Waals surface area contributed by atoms with E-state index in [1.165, 1.54) is 31.2 Å². The van der Waals surface area contributed by atoms with Gasteiger partial charge in [0.1, 0.15) is 11.3 Å². The van der Waals surface area contributed by atoms with Gasteiger partial charge in [0.2, 0.25) is 11.7 Å². The molecule has 0 aromatic heterocycles. The Balaban J connectivity index is 1.34. The lowest BCUT2D eigenvalue weighted by molar-refractivity contribution is -0.127. The number of fused-ring (bicyclic) bond motifs is 1. The first-order valence-electron chi connectivity index (χ1n) is 14.9. The van der Waals surface area contributed by atoms with Crippen LogP contribution < -0.4 is 9.64 Å². The molecule has 0 unspecified atom stereocenters. The maximum atomic E-state index is 13.6. The molecule has 212 valence electrons. The molecule has 3 aromatic rings. The summed E-state index contributed by atoms with van der Waals surface area (Å²) in [6, 6.07) is 21.8. The van der Waals surface area contributed by atoms with Crippen molar-refractivity contribution in [3.63, 3.8) is 0 Å². The van der Waals surface area contributed by atoms with E-state index in [0.29, 0.717) is 35.9 Å². The van der Waals surface area contributed by atoms with Crippen molar-refractivity contribution in [2.75, 3.05) is 4.90 Å². The largest absolute Gasteiger partial charge is 0.452 e. The summed E-state index contributed by atoms with van der Waals surface area (Å²) in [4.78, 5) is 27.9. The molecule has 1 heterocycles. The number of anilines is 1. The molecule has 5 heteroatoms. The predicted octanol–water partition coefficient (Wildman–Crippen LogP) is 7.83. The van der Waals surface area contributed by atoms with Crippen molar-refractivity contribution >= 4 is 17.6 Å². The third kappa shape index (κ3) is 7.38. The lowest BCUT2D eigenvalue weighted by Crippen LogP contribution is -2.39. The number of carbonyl (C=O) groups excluding carboxylic acids is 2. The normalized spacial score (nSPS) is 15.7. The minimum Gasteiger partial charge on any atom is -0.452 e. The molecular formula is C36H39NO4. The molecular weight excluding hydrogens is 510 g/mol. The smallest absolute Gasteiger partial charge is 0.345 e. The molecule has 0 atom stereocenters. The van der Waals surface area contributed by atoms with Crippen LogP contribution in [0.3, 0.4) is 0 Å². The van der Waals surface area contributed by atoms with Gasteiger partial charge in [-0.3, -0.25) is 4.79 Å². The number of hydrogen-bond acceptors (Lipinski definition) is 4. The summed E-state index contributed by atoms with van der Waals surface area (Å²) in [6.45, 7) is 6.01. The van der Waals surface area contributed by atoms with Crippen LogP contribution in [0.25, 0.3) is 0 Å². The molecule has 1 aliphatic heterocycles. The Morgan fingerprint density at radius 1 is 0.902 bits per heavy atom. The van der Waals surface area contributed by atoms with E-state index in [0.717, 1.165) is 36.0 Å². The SMILES string of the molecule is CCCc1ccc(C#Cc2ccc(CN(C(=O)CCC3CCCC3)c3ccc4c(c3)OC(C)(C)OC4=O)cc2)cc1. The zero-order valence-electron chi connectivity index (χ0n) is 24.4. The molecule has 0 spiro atoms. The summed E-state index contributed by atoms with van der Waals surface area (Å²) in [5, 5.41) is 0. The second-order valence-electron chi connectivity index (χ2n) is 11.6. The fourth-order valence-electron chi connectivity index (χ4n) is 5.64. The molecule has 0 radical (unpaired) electrons. The van der Waals surface area contributed by atoms with E-state index in [1.807, 2.05) is 29.2 Å². The van der Waals surface area contributed by atoms with Gasteiger partial charge in [0.15, 0.2) is 0 Å². The molecule has 1 amide bonds. The summed E-state index contributed by atoms with van der Waals surface area (Å²) in [6.07, 6.45) is 8.56. The predicted molar refractivity (Wildman–Crippen MR) is 162 cm³/mol. The minimum absolute atomic E-state index is 0.0740. The average Bonchev–Trinajstić information content (AvgIpc) is 3.48. The first-order chi connectivity index (χ1) is 19.8. The van der Waals surface area contributed by atoms with Crippen molar-refractivity contribution in [3.8, 4) is 17.6 Å². The van der Waals surface area contributed by atoms with Crippen molar-refractivity contribution < 1.29 is 19.1 Å². The first kappa shape index (κ1) is 28.5. The van der Waals surface area contributed by atoms with Gasteiger partial charge in [-0.1, -0.05) is 75.1 Å². The lowest BCUT2D eigenvalue weighted by atomic mass is 10.0. The number of aryl methyl sites for hydroxylation is 1. The van der Waals surface area contributed by atoms with E-state index in [1.54, 1.807) is 32.0 Å². The van der Waals surface area contributed by atoms with Crippen LogP contribution >= 0.6 is 0 Å². The molecule has 1 aliphatic carbocycles. The van der Waals surface area contributed by atoms with Gasteiger partial charge in [0.25, 0.3) is 0 Å². The zero-order chi connectivity index (χ0) is 28.8. The molecule has 0 N–H and O–H groups in total. The molecule has 0 saturated heterocycles. The van der Waals surface area contributed by atoms with Gasteiger partial charge in [-0.15, -0.1) is 0 Å². The molecule has 0 bridgehead atoms. The Morgan fingerprint density at radius 2 is 1.54 bits per heavy atom. The van der Waals surface area contributed by atoms with Crippen LogP contribution in [-0.4, -0.2) is 17.7 Å². The van der Waals surface area contributed by atoms with Crippen LogP contribution in [0.4, 0.5) is 5.69 Å². The molecule has 1 fully saturated rings. The number of ether oxygens (including phenoxy) is 2. The Kier molecular flexibility index (Phi) is 8.78. The number of rotatable bonds is 8. The third-order valence-corrected chi connectivity index (χ3v) is 7.87. The molecule has 5 rings (SSSR count). The van der Waals surface area contributed by atoms with E-state index in [2.05, 4.69) is 43.0 Å². The number of nitrogens with zero attached hydrogens (tertiary/aromatic N) is 1. The quantitative estimate of drug-likeness (QED) is 0.212. The van der Waals surface area contributed by atoms with Crippen molar-refractivity contribution in [3.05, 3.63) is 94.5 Å². The van der Waals surface area contributed by atoms with Crippen molar-refractivity contribution in [2.24, 2.45) is 5.92 Å². The van der Waals surface area contributed by atoms with Crippen molar-refractivity contribution in [2.45, 2.75) is 84.5 Å². The number of amides is 1. The Hall–Kier alpha value is -4.04. The van der Waals surface area contributed by atoms with E-state index in [-0.39, 0.29) is 5.91 Å². The van der Waals surface area contributed by atoms with Gasteiger partial charge in [0, 0.05) is 43.1 Å². The highest BCUT2D eigenvalue weighted by Crippen LogP contribution is 2.35. The van der Waals surface area contributed by atoms with E-state index in [9.17, 15) is 9.59 Å². The highest BCUT2D eigenvalue weighted by Gasteiger charge is 2.34. The second kappa shape index (κ2) is 12.6. The first-order valence-corrected chi connectivity index (χ1v) is 14.9. The van der Waals surface area contributed by atoms with Gasteiger partial charge < -0.3 is 14.4 Å². The molecule has 41 heavy (non-hydrogen) atoms.